The fraction of sp³-hybridized carbons (Fsp3) is 0.333. The molecule has 2 aromatic rings. The molecule has 1 aromatic carbocycles. The molecule has 1 fully saturated rings. The molecule has 102 valence electrons. The average Bonchev–Trinajstić information content (AvgIpc) is 3.00. The van der Waals surface area contributed by atoms with Gasteiger partial charge >= 0.3 is 0 Å². The molecule has 1 atom stereocenters. The number of benzene rings is 1. The van der Waals surface area contributed by atoms with Gasteiger partial charge in [-0.2, -0.15) is 5.26 Å². The van der Waals surface area contributed by atoms with Gasteiger partial charge in [0.1, 0.15) is 11.9 Å². The standard InChI is InChI=1S/C15H16N4O/c16-10-14(19-6-8-20-9-7-19)13-11-17-15(18-13)12-4-2-1-3-5-12/h1-5,11,14H,6-9H2,(H,17,18). The lowest BCUT2D eigenvalue weighted by molar-refractivity contribution is 0.0260. The SMILES string of the molecule is N#CC(c1cnc(-c2ccccc2)[nH]1)N1CCOCC1. The monoisotopic (exact) mass is 268 g/mol. The van der Waals surface area contributed by atoms with Gasteiger partial charge in [-0.3, -0.25) is 4.90 Å². The zero-order chi connectivity index (χ0) is 13.8. The Morgan fingerprint density at radius 2 is 2.00 bits per heavy atom. The number of nitrogens with one attached hydrogen (secondary N) is 1. The van der Waals surface area contributed by atoms with Gasteiger partial charge in [0.05, 0.1) is 31.2 Å². The van der Waals surface area contributed by atoms with E-state index < -0.39 is 0 Å². The first kappa shape index (κ1) is 12.9. The van der Waals surface area contributed by atoms with E-state index in [1.54, 1.807) is 6.20 Å². The number of aromatic amines is 1. The van der Waals surface area contributed by atoms with Gasteiger partial charge < -0.3 is 9.72 Å². The van der Waals surface area contributed by atoms with E-state index in [0.717, 1.165) is 30.2 Å². The molecule has 5 nitrogen and oxygen atoms in total. The highest BCUT2D eigenvalue weighted by molar-refractivity contribution is 5.54. The van der Waals surface area contributed by atoms with E-state index in [1.165, 1.54) is 0 Å². The van der Waals surface area contributed by atoms with E-state index in [0.29, 0.717) is 13.2 Å². The fourth-order valence-corrected chi connectivity index (χ4v) is 2.40. The highest BCUT2D eigenvalue weighted by atomic mass is 16.5. The summed E-state index contributed by atoms with van der Waals surface area (Å²) in [6.07, 6.45) is 1.76. The largest absolute Gasteiger partial charge is 0.379 e. The number of H-pyrrole nitrogens is 1. The lowest BCUT2D eigenvalue weighted by Crippen LogP contribution is -2.38. The summed E-state index contributed by atoms with van der Waals surface area (Å²) in [5, 5.41) is 9.43. The molecule has 0 bridgehead atoms. The fourth-order valence-electron chi connectivity index (χ4n) is 2.40. The van der Waals surface area contributed by atoms with Crippen LogP contribution in [0.5, 0.6) is 0 Å². The molecule has 1 aliphatic heterocycles. The summed E-state index contributed by atoms with van der Waals surface area (Å²) >= 11 is 0. The molecule has 1 aromatic heterocycles. The maximum atomic E-state index is 9.43. The van der Waals surface area contributed by atoms with E-state index in [-0.39, 0.29) is 6.04 Å². The molecule has 0 radical (unpaired) electrons. The molecule has 1 saturated heterocycles. The Morgan fingerprint density at radius 1 is 1.25 bits per heavy atom. The summed E-state index contributed by atoms with van der Waals surface area (Å²) in [5.41, 5.74) is 1.87. The third-order valence-corrected chi connectivity index (χ3v) is 3.47. The maximum Gasteiger partial charge on any atom is 0.140 e. The second-order valence-electron chi connectivity index (χ2n) is 4.73. The first-order valence-electron chi connectivity index (χ1n) is 6.70. The molecule has 2 heterocycles. The van der Waals surface area contributed by atoms with Crippen molar-refractivity contribution >= 4 is 0 Å². The number of hydrogen-bond acceptors (Lipinski definition) is 4. The van der Waals surface area contributed by atoms with Gasteiger partial charge in [0.15, 0.2) is 0 Å². The van der Waals surface area contributed by atoms with Crippen molar-refractivity contribution in [2.45, 2.75) is 6.04 Å². The molecule has 0 amide bonds. The Bertz CT molecular complexity index is 596. The van der Waals surface area contributed by atoms with E-state index in [2.05, 4.69) is 20.9 Å². The summed E-state index contributed by atoms with van der Waals surface area (Å²) in [6.45, 7) is 2.91. The van der Waals surface area contributed by atoms with Gasteiger partial charge in [-0.15, -0.1) is 0 Å². The van der Waals surface area contributed by atoms with Crippen molar-refractivity contribution in [2.24, 2.45) is 0 Å². The first-order valence-corrected chi connectivity index (χ1v) is 6.70. The number of nitriles is 1. The van der Waals surface area contributed by atoms with Gasteiger partial charge in [-0.25, -0.2) is 4.98 Å². The summed E-state index contributed by atoms with van der Waals surface area (Å²) in [6, 6.07) is 12.0. The highest BCUT2D eigenvalue weighted by Gasteiger charge is 2.24. The van der Waals surface area contributed by atoms with E-state index >= 15 is 0 Å². The summed E-state index contributed by atoms with van der Waals surface area (Å²) in [5.74, 6) is 0.800. The second kappa shape index (κ2) is 5.87. The Labute approximate surface area is 117 Å². The Kier molecular flexibility index (Phi) is 3.77. The summed E-state index contributed by atoms with van der Waals surface area (Å²) in [4.78, 5) is 9.76. The molecule has 1 aliphatic rings. The van der Waals surface area contributed by atoms with E-state index in [1.807, 2.05) is 30.3 Å². The van der Waals surface area contributed by atoms with Crippen LogP contribution in [-0.4, -0.2) is 41.2 Å². The number of morpholine rings is 1. The van der Waals surface area contributed by atoms with Crippen molar-refractivity contribution in [3.05, 3.63) is 42.2 Å². The minimum Gasteiger partial charge on any atom is -0.379 e. The van der Waals surface area contributed by atoms with Crippen molar-refractivity contribution in [1.82, 2.24) is 14.9 Å². The normalized spacial score (nSPS) is 17.6. The van der Waals surface area contributed by atoms with Gasteiger partial charge in [0.2, 0.25) is 0 Å². The average molecular weight is 268 g/mol. The highest BCUT2D eigenvalue weighted by Crippen LogP contribution is 2.22. The Morgan fingerprint density at radius 3 is 2.70 bits per heavy atom. The first-order chi connectivity index (χ1) is 9.88. The molecule has 0 spiro atoms. The third kappa shape index (κ3) is 2.57. The second-order valence-corrected chi connectivity index (χ2v) is 4.73. The number of aromatic nitrogens is 2. The van der Waals surface area contributed by atoms with Crippen LogP contribution in [0, 0.1) is 11.3 Å². The van der Waals surface area contributed by atoms with Gasteiger partial charge in [-0.05, 0) is 0 Å². The molecule has 5 heteroatoms. The molecule has 0 saturated carbocycles. The Hall–Kier alpha value is -2.16. The van der Waals surface area contributed by atoms with Crippen LogP contribution in [0.2, 0.25) is 0 Å². The predicted octanol–water partition coefficient (Wildman–Crippen LogP) is 1.97. The number of hydrogen-bond donors (Lipinski definition) is 1. The topological polar surface area (TPSA) is 64.9 Å². The summed E-state index contributed by atoms with van der Waals surface area (Å²) in [7, 11) is 0. The van der Waals surface area contributed by atoms with E-state index in [9.17, 15) is 5.26 Å². The molecule has 0 aliphatic carbocycles. The van der Waals surface area contributed by atoms with Gasteiger partial charge in [-0.1, -0.05) is 30.3 Å². The van der Waals surface area contributed by atoms with Crippen LogP contribution in [0.1, 0.15) is 11.7 Å². The van der Waals surface area contributed by atoms with Gasteiger partial charge in [0.25, 0.3) is 0 Å². The lowest BCUT2D eigenvalue weighted by Gasteiger charge is -2.29. The molecule has 3 rings (SSSR count). The van der Waals surface area contributed by atoms with Crippen LogP contribution in [0.4, 0.5) is 0 Å². The zero-order valence-corrected chi connectivity index (χ0v) is 11.1. The van der Waals surface area contributed by atoms with Crippen LogP contribution in [-0.2, 0) is 4.74 Å². The molecular weight excluding hydrogens is 252 g/mol. The number of nitrogens with zero attached hydrogens (tertiary/aromatic N) is 3. The smallest absolute Gasteiger partial charge is 0.140 e. The van der Waals surface area contributed by atoms with Gasteiger partial charge in [0, 0.05) is 18.7 Å². The molecule has 20 heavy (non-hydrogen) atoms. The number of rotatable bonds is 3. The Balaban J connectivity index is 1.83. The van der Waals surface area contributed by atoms with Crippen molar-refractivity contribution in [3.8, 4) is 17.5 Å². The van der Waals surface area contributed by atoms with Crippen LogP contribution < -0.4 is 0 Å². The minimum absolute atomic E-state index is 0.288. The maximum absolute atomic E-state index is 9.43. The molecule has 1 unspecified atom stereocenters. The van der Waals surface area contributed by atoms with E-state index in [4.69, 9.17) is 4.74 Å². The lowest BCUT2D eigenvalue weighted by atomic mass is 10.2. The third-order valence-electron chi connectivity index (χ3n) is 3.47. The number of imidazole rings is 1. The van der Waals surface area contributed by atoms with Crippen molar-refractivity contribution in [2.75, 3.05) is 26.3 Å². The van der Waals surface area contributed by atoms with Crippen LogP contribution in [0.25, 0.3) is 11.4 Å². The minimum atomic E-state index is -0.288. The van der Waals surface area contributed by atoms with Crippen molar-refractivity contribution in [1.29, 1.82) is 5.26 Å². The van der Waals surface area contributed by atoms with Crippen molar-refractivity contribution in [3.63, 3.8) is 0 Å². The van der Waals surface area contributed by atoms with Crippen LogP contribution >= 0.6 is 0 Å². The van der Waals surface area contributed by atoms with Crippen molar-refractivity contribution < 1.29 is 4.74 Å². The molecular formula is C15H16N4O. The number of ether oxygens (including phenoxy) is 1. The van der Waals surface area contributed by atoms with Crippen LogP contribution in [0.3, 0.4) is 0 Å². The molecule has 1 N–H and O–H groups in total. The predicted molar refractivity (Wildman–Crippen MR) is 74.8 cm³/mol. The van der Waals surface area contributed by atoms with Crippen LogP contribution in [0.15, 0.2) is 36.5 Å². The summed E-state index contributed by atoms with van der Waals surface area (Å²) < 4.78 is 5.33. The zero-order valence-electron chi connectivity index (χ0n) is 11.1. The quantitative estimate of drug-likeness (QED) is 0.924.